The average molecular weight is 355 g/mol. The van der Waals surface area contributed by atoms with Crippen LogP contribution < -0.4 is 5.32 Å². The standard InChI is InChI=1S/C19H25N5O2/c1-14-7-10-23(22-14)11-8-19(26)24-9-3-4-18(24)17-6-5-16(13-21-17)12-20-15(2)25/h5-7,10,13,18H,3-4,8-9,11-12H2,1-2H3,(H,20,25). The SMILES string of the molecule is CC(=O)NCc1ccc(C2CCCN2C(=O)CCn2ccc(C)n2)nc1. The highest BCUT2D eigenvalue weighted by Crippen LogP contribution is 2.31. The van der Waals surface area contributed by atoms with Crippen molar-refractivity contribution in [1.29, 1.82) is 0 Å². The van der Waals surface area contributed by atoms with Crippen molar-refractivity contribution in [2.45, 2.75) is 52.2 Å². The van der Waals surface area contributed by atoms with Gasteiger partial charge < -0.3 is 10.2 Å². The first kappa shape index (κ1) is 18.1. The topological polar surface area (TPSA) is 80.1 Å². The fraction of sp³-hybridized carbons (Fsp3) is 0.474. The van der Waals surface area contributed by atoms with E-state index in [1.807, 2.05) is 40.9 Å². The Morgan fingerprint density at radius 2 is 2.15 bits per heavy atom. The molecule has 2 aromatic heterocycles. The fourth-order valence-electron chi connectivity index (χ4n) is 3.28. The predicted molar refractivity (Wildman–Crippen MR) is 97.0 cm³/mol. The molecule has 0 radical (unpaired) electrons. The number of aromatic nitrogens is 3. The van der Waals surface area contributed by atoms with Gasteiger partial charge in [-0.1, -0.05) is 6.07 Å². The molecule has 1 aliphatic heterocycles. The normalized spacial score (nSPS) is 16.7. The zero-order valence-electron chi connectivity index (χ0n) is 15.3. The Balaban J connectivity index is 1.60. The zero-order valence-corrected chi connectivity index (χ0v) is 15.3. The molecule has 1 fully saturated rings. The number of rotatable bonds is 6. The van der Waals surface area contributed by atoms with Crippen molar-refractivity contribution in [3.8, 4) is 0 Å². The number of carbonyl (C=O) groups excluding carboxylic acids is 2. The van der Waals surface area contributed by atoms with E-state index in [4.69, 9.17) is 0 Å². The maximum atomic E-state index is 12.7. The molecule has 1 atom stereocenters. The molecule has 2 amide bonds. The largest absolute Gasteiger partial charge is 0.352 e. The highest BCUT2D eigenvalue weighted by atomic mass is 16.2. The van der Waals surface area contributed by atoms with Gasteiger partial charge in [0.15, 0.2) is 0 Å². The van der Waals surface area contributed by atoms with Gasteiger partial charge in [0.1, 0.15) is 0 Å². The van der Waals surface area contributed by atoms with Crippen LogP contribution in [0.5, 0.6) is 0 Å². The van der Waals surface area contributed by atoms with Crippen LogP contribution in [-0.2, 0) is 22.7 Å². The molecule has 1 aliphatic rings. The molecule has 0 aromatic carbocycles. The van der Waals surface area contributed by atoms with Crippen LogP contribution in [0.15, 0.2) is 30.6 Å². The van der Waals surface area contributed by atoms with E-state index in [0.29, 0.717) is 19.5 Å². The molecule has 1 unspecified atom stereocenters. The van der Waals surface area contributed by atoms with E-state index in [1.165, 1.54) is 6.92 Å². The Kier molecular flexibility index (Phi) is 5.65. The minimum absolute atomic E-state index is 0.0386. The van der Waals surface area contributed by atoms with Crippen molar-refractivity contribution in [3.05, 3.63) is 47.5 Å². The number of nitrogens with one attached hydrogen (secondary N) is 1. The van der Waals surface area contributed by atoms with E-state index < -0.39 is 0 Å². The second kappa shape index (κ2) is 8.12. The molecule has 0 spiro atoms. The van der Waals surface area contributed by atoms with Crippen LogP contribution in [-0.4, -0.2) is 38.0 Å². The van der Waals surface area contributed by atoms with E-state index in [2.05, 4.69) is 15.4 Å². The summed E-state index contributed by atoms with van der Waals surface area (Å²) >= 11 is 0. The summed E-state index contributed by atoms with van der Waals surface area (Å²) in [6.07, 6.45) is 6.05. The maximum absolute atomic E-state index is 12.7. The number of aryl methyl sites for hydroxylation is 2. The van der Waals surface area contributed by atoms with Crippen LogP contribution >= 0.6 is 0 Å². The van der Waals surface area contributed by atoms with Crippen molar-refractivity contribution in [1.82, 2.24) is 25.0 Å². The van der Waals surface area contributed by atoms with Gasteiger partial charge in [0.05, 0.1) is 17.4 Å². The van der Waals surface area contributed by atoms with Crippen molar-refractivity contribution in [2.75, 3.05) is 6.54 Å². The first-order chi connectivity index (χ1) is 12.5. The van der Waals surface area contributed by atoms with Gasteiger partial charge in [0.25, 0.3) is 0 Å². The molecule has 138 valence electrons. The highest BCUT2D eigenvalue weighted by Gasteiger charge is 2.30. The van der Waals surface area contributed by atoms with Crippen LogP contribution in [0.2, 0.25) is 0 Å². The molecule has 7 nitrogen and oxygen atoms in total. The summed E-state index contributed by atoms with van der Waals surface area (Å²) < 4.78 is 1.81. The van der Waals surface area contributed by atoms with Crippen molar-refractivity contribution >= 4 is 11.8 Å². The number of likely N-dealkylation sites (tertiary alicyclic amines) is 1. The van der Waals surface area contributed by atoms with E-state index in [-0.39, 0.29) is 17.9 Å². The molecule has 3 heterocycles. The highest BCUT2D eigenvalue weighted by molar-refractivity contribution is 5.77. The zero-order chi connectivity index (χ0) is 18.5. The Bertz CT molecular complexity index is 768. The van der Waals surface area contributed by atoms with Gasteiger partial charge in [-0.3, -0.25) is 19.3 Å². The summed E-state index contributed by atoms with van der Waals surface area (Å²) in [4.78, 5) is 30.1. The smallest absolute Gasteiger partial charge is 0.224 e. The van der Waals surface area contributed by atoms with Gasteiger partial charge in [-0.15, -0.1) is 0 Å². The first-order valence-electron chi connectivity index (χ1n) is 9.02. The summed E-state index contributed by atoms with van der Waals surface area (Å²) in [6, 6.07) is 5.91. The lowest BCUT2D eigenvalue weighted by Gasteiger charge is -2.24. The van der Waals surface area contributed by atoms with Gasteiger partial charge in [0, 0.05) is 45.4 Å². The Hall–Kier alpha value is -2.70. The number of nitrogens with zero attached hydrogens (tertiary/aromatic N) is 4. The van der Waals surface area contributed by atoms with Crippen molar-refractivity contribution < 1.29 is 9.59 Å². The molecule has 26 heavy (non-hydrogen) atoms. The van der Waals surface area contributed by atoms with E-state index in [0.717, 1.165) is 36.3 Å². The molecule has 7 heteroatoms. The third-order valence-electron chi connectivity index (χ3n) is 4.63. The second-order valence-electron chi connectivity index (χ2n) is 6.72. The molecule has 0 saturated carbocycles. The minimum atomic E-state index is -0.0611. The van der Waals surface area contributed by atoms with E-state index in [9.17, 15) is 9.59 Å². The third kappa shape index (κ3) is 4.47. The fourth-order valence-corrected chi connectivity index (χ4v) is 3.28. The molecule has 2 aromatic rings. The molecular weight excluding hydrogens is 330 g/mol. The lowest BCUT2D eigenvalue weighted by molar-refractivity contribution is -0.132. The average Bonchev–Trinajstić information content (AvgIpc) is 3.27. The molecular formula is C19H25N5O2. The third-order valence-corrected chi connectivity index (χ3v) is 4.63. The summed E-state index contributed by atoms with van der Waals surface area (Å²) in [7, 11) is 0. The predicted octanol–water partition coefficient (Wildman–Crippen LogP) is 1.98. The maximum Gasteiger partial charge on any atom is 0.224 e. The summed E-state index contributed by atoms with van der Waals surface area (Å²) in [5.41, 5.74) is 2.83. The summed E-state index contributed by atoms with van der Waals surface area (Å²) in [6.45, 7) is 5.28. The number of amides is 2. The van der Waals surface area contributed by atoms with Crippen LogP contribution in [0, 0.1) is 6.92 Å². The van der Waals surface area contributed by atoms with E-state index in [1.54, 1.807) is 6.20 Å². The van der Waals surface area contributed by atoms with Gasteiger partial charge in [-0.25, -0.2) is 0 Å². The number of hydrogen-bond donors (Lipinski definition) is 1. The Morgan fingerprint density at radius 1 is 1.31 bits per heavy atom. The van der Waals surface area contributed by atoms with Gasteiger partial charge in [0.2, 0.25) is 11.8 Å². The lowest BCUT2D eigenvalue weighted by atomic mass is 10.1. The lowest BCUT2D eigenvalue weighted by Crippen LogP contribution is -2.31. The van der Waals surface area contributed by atoms with Gasteiger partial charge >= 0.3 is 0 Å². The molecule has 0 aliphatic carbocycles. The Labute approximate surface area is 153 Å². The van der Waals surface area contributed by atoms with Gasteiger partial charge in [-0.2, -0.15) is 5.10 Å². The number of carbonyl (C=O) groups is 2. The number of pyridine rings is 1. The van der Waals surface area contributed by atoms with Crippen LogP contribution in [0.3, 0.4) is 0 Å². The van der Waals surface area contributed by atoms with Crippen LogP contribution in [0.1, 0.15) is 49.2 Å². The van der Waals surface area contributed by atoms with Gasteiger partial charge in [-0.05, 0) is 37.5 Å². The van der Waals surface area contributed by atoms with Crippen molar-refractivity contribution in [3.63, 3.8) is 0 Å². The first-order valence-corrected chi connectivity index (χ1v) is 9.02. The molecule has 3 rings (SSSR count). The monoisotopic (exact) mass is 355 g/mol. The molecule has 1 saturated heterocycles. The Morgan fingerprint density at radius 3 is 2.81 bits per heavy atom. The minimum Gasteiger partial charge on any atom is -0.352 e. The summed E-state index contributed by atoms with van der Waals surface area (Å²) in [5.74, 6) is 0.0822. The van der Waals surface area contributed by atoms with Crippen molar-refractivity contribution in [2.24, 2.45) is 0 Å². The molecule has 0 bridgehead atoms. The van der Waals surface area contributed by atoms with Crippen LogP contribution in [0.25, 0.3) is 0 Å². The number of hydrogen-bond acceptors (Lipinski definition) is 4. The van der Waals surface area contributed by atoms with E-state index >= 15 is 0 Å². The summed E-state index contributed by atoms with van der Waals surface area (Å²) in [5, 5.41) is 7.09. The quantitative estimate of drug-likeness (QED) is 0.859. The van der Waals surface area contributed by atoms with Crippen LogP contribution in [0.4, 0.5) is 0 Å². The molecule has 1 N–H and O–H groups in total. The second-order valence-corrected chi connectivity index (χ2v) is 6.72.